The van der Waals surface area contributed by atoms with Crippen LogP contribution >= 0.6 is 0 Å². The second-order valence-corrected chi connectivity index (χ2v) is 14.2. The van der Waals surface area contributed by atoms with E-state index in [2.05, 4.69) is 40.2 Å². The monoisotopic (exact) mass is 526 g/mol. The lowest BCUT2D eigenvalue weighted by atomic mass is 9.44. The van der Waals surface area contributed by atoms with E-state index in [0.29, 0.717) is 34.2 Å². The third-order valence-electron chi connectivity index (χ3n) is 11.8. The minimum Gasteiger partial charge on any atom is -0.459 e. The van der Waals surface area contributed by atoms with Crippen LogP contribution in [0, 0.1) is 64.6 Å². The molecule has 0 heterocycles. The van der Waals surface area contributed by atoms with E-state index in [1.807, 2.05) is 0 Å². The van der Waals surface area contributed by atoms with Crippen molar-refractivity contribution in [3.05, 3.63) is 12.2 Å². The number of fused-ring (bicyclic) bond motifs is 5. The fourth-order valence-electron chi connectivity index (χ4n) is 9.73. The molecule has 0 amide bonds. The summed E-state index contributed by atoms with van der Waals surface area (Å²) in [7, 11) is 0. The van der Waals surface area contributed by atoms with Gasteiger partial charge in [0.2, 0.25) is 0 Å². The molecule has 214 valence electrons. The molecule has 0 saturated heterocycles. The van der Waals surface area contributed by atoms with Gasteiger partial charge in [-0.2, -0.15) is 0 Å². The molecule has 0 spiro atoms. The van der Waals surface area contributed by atoms with Crippen LogP contribution in [0.3, 0.4) is 0 Å². The van der Waals surface area contributed by atoms with Gasteiger partial charge in [0.15, 0.2) is 0 Å². The van der Waals surface area contributed by atoms with Crippen LogP contribution in [0.25, 0.3) is 0 Å². The van der Waals surface area contributed by atoms with E-state index < -0.39 is 0 Å². The van der Waals surface area contributed by atoms with Gasteiger partial charge in [-0.3, -0.25) is 0 Å². The first-order chi connectivity index (χ1) is 18.1. The Balaban J connectivity index is 1.37. The Morgan fingerprint density at radius 1 is 1.05 bits per heavy atom. The minimum atomic E-state index is -0.341. The number of hydrogen-bond donors (Lipinski definition) is 1. The average molecular weight is 527 g/mol. The molecule has 0 bridgehead atoms. The molecule has 4 rings (SSSR count). The number of carbonyl (C=O) groups is 1. The van der Waals surface area contributed by atoms with E-state index in [9.17, 15) is 4.79 Å². The topological polar surface area (TPSA) is 55.8 Å². The normalized spacial score (nSPS) is 39.0. The van der Waals surface area contributed by atoms with Gasteiger partial charge in [-0.15, -0.1) is 12.3 Å². The second kappa shape index (κ2) is 12.5. The van der Waals surface area contributed by atoms with Gasteiger partial charge in [-0.05, 0) is 111 Å². The first-order valence-corrected chi connectivity index (χ1v) is 15.7. The highest BCUT2D eigenvalue weighted by molar-refractivity contribution is 5.88. The first-order valence-electron chi connectivity index (χ1n) is 15.7. The van der Waals surface area contributed by atoms with Gasteiger partial charge < -0.3 is 14.6 Å². The summed E-state index contributed by atoms with van der Waals surface area (Å²) in [6.07, 6.45) is 21.0. The van der Waals surface area contributed by atoms with Crippen molar-refractivity contribution in [2.75, 3.05) is 19.8 Å². The fraction of sp³-hybridized carbons (Fsp3) is 0.853. The highest BCUT2D eigenvalue weighted by Gasteiger charge is 2.61. The summed E-state index contributed by atoms with van der Waals surface area (Å²) < 4.78 is 11.2. The van der Waals surface area contributed by atoms with E-state index in [4.69, 9.17) is 21.0 Å². The van der Waals surface area contributed by atoms with Crippen molar-refractivity contribution in [2.24, 2.45) is 52.3 Å². The number of aliphatic hydroxyl groups is 1. The number of esters is 1. The quantitative estimate of drug-likeness (QED) is 0.134. The average Bonchev–Trinajstić information content (AvgIpc) is 3.23. The summed E-state index contributed by atoms with van der Waals surface area (Å²) in [6.45, 7) is 13.9. The number of rotatable bonds is 11. The van der Waals surface area contributed by atoms with Gasteiger partial charge in [0.1, 0.15) is 6.10 Å². The van der Waals surface area contributed by atoms with Crippen LogP contribution in [0.1, 0.15) is 105 Å². The lowest BCUT2D eigenvalue weighted by molar-refractivity contribution is -0.159. The Bertz CT molecular complexity index is 872. The largest absolute Gasteiger partial charge is 0.459 e. The predicted octanol–water partition coefficient (Wildman–Crippen LogP) is 7.20. The first kappa shape index (κ1) is 29.7. The standard InChI is InChI=1S/C34H54O4/c1-7-25(10-8-9-23(2)3)29-13-14-30-28-12-11-26-21-27(38-32(36)24(4)22-37-20-19-35)15-17-33(26,5)31(28)16-18-34(29,30)6/h1,23,25-31,35H,4,8-22H2,2-3,5-6H3/t25-,26?,27+,28+,29-,30+,31?,33+,34-/m1/s1. The molecule has 4 heteroatoms. The number of terminal acetylenes is 1. The van der Waals surface area contributed by atoms with Crippen molar-refractivity contribution >= 4 is 5.97 Å². The van der Waals surface area contributed by atoms with E-state index in [0.717, 1.165) is 42.9 Å². The van der Waals surface area contributed by atoms with Crippen molar-refractivity contribution < 1.29 is 19.4 Å². The van der Waals surface area contributed by atoms with Crippen LogP contribution < -0.4 is 0 Å². The number of aliphatic hydroxyl groups excluding tert-OH is 1. The molecule has 0 aromatic carbocycles. The van der Waals surface area contributed by atoms with Crippen LogP contribution in [0.4, 0.5) is 0 Å². The van der Waals surface area contributed by atoms with E-state index in [1.54, 1.807) is 0 Å². The van der Waals surface area contributed by atoms with Crippen molar-refractivity contribution in [1.82, 2.24) is 0 Å². The van der Waals surface area contributed by atoms with Gasteiger partial charge >= 0.3 is 5.97 Å². The summed E-state index contributed by atoms with van der Waals surface area (Å²) in [5, 5.41) is 8.88. The smallest absolute Gasteiger partial charge is 0.336 e. The lowest BCUT2D eigenvalue weighted by Gasteiger charge is -2.61. The maximum absolute atomic E-state index is 12.6. The van der Waals surface area contributed by atoms with Crippen molar-refractivity contribution in [2.45, 2.75) is 111 Å². The Labute approximate surface area is 232 Å². The zero-order valence-corrected chi connectivity index (χ0v) is 24.7. The molecule has 4 saturated carbocycles. The lowest BCUT2D eigenvalue weighted by Crippen LogP contribution is -2.54. The molecular formula is C34H54O4. The number of ether oxygens (including phenoxy) is 2. The molecule has 0 aromatic heterocycles. The molecule has 0 aromatic rings. The van der Waals surface area contributed by atoms with Crippen molar-refractivity contribution in [1.29, 1.82) is 0 Å². The Morgan fingerprint density at radius 2 is 1.79 bits per heavy atom. The molecule has 38 heavy (non-hydrogen) atoms. The van der Waals surface area contributed by atoms with E-state index in [1.165, 1.54) is 57.8 Å². The maximum Gasteiger partial charge on any atom is 0.336 e. The molecule has 0 radical (unpaired) electrons. The Morgan fingerprint density at radius 3 is 2.50 bits per heavy atom. The van der Waals surface area contributed by atoms with Crippen LogP contribution in [-0.4, -0.2) is 37.0 Å². The minimum absolute atomic E-state index is 0.0151. The Hall–Kier alpha value is -1.31. The molecule has 4 aliphatic rings. The predicted molar refractivity (Wildman–Crippen MR) is 153 cm³/mol. The van der Waals surface area contributed by atoms with Gasteiger partial charge in [0.25, 0.3) is 0 Å². The molecule has 4 fully saturated rings. The zero-order chi connectivity index (χ0) is 27.5. The summed E-state index contributed by atoms with van der Waals surface area (Å²) in [4.78, 5) is 12.6. The Kier molecular flexibility index (Phi) is 9.73. The molecule has 4 aliphatic carbocycles. The van der Waals surface area contributed by atoms with E-state index in [-0.39, 0.29) is 31.9 Å². The summed E-state index contributed by atoms with van der Waals surface area (Å²) in [5.74, 6) is 7.91. The van der Waals surface area contributed by atoms with Gasteiger partial charge in [-0.25, -0.2) is 4.79 Å². The second-order valence-electron chi connectivity index (χ2n) is 14.2. The van der Waals surface area contributed by atoms with Gasteiger partial charge in [-0.1, -0.05) is 47.1 Å². The third-order valence-corrected chi connectivity index (χ3v) is 11.8. The molecular weight excluding hydrogens is 472 g/mol. The van der Waals surface area contributed by atoms with E-state index >= 15 is 0 Å². The fourth-order valence-corrected chi connectivity index (χ4v) is 9.73. The van der Waals surface area contributed by atoms with Crippen LogP contribution in [0.5, 0.6) is 0 Å². The van der Waals surface area contributed by atoms with Crippen LogP contribution in [0.2, 0.25) is 0 Å². The van der Waals surface area contributed by atoms with Crippen LogP contribution in [0.15, 0.2) is 12.2 Å². The van der Waals surface area contributed by atoms with Crippen LogP contribution in [-0.2, 0) is 14.3 Å². The molecule has 2 unspecified atom stereocenters. The molecule has 1 N–H and O–H groups in total. The number of hydrogen-bond acceptors (Lipinski definition) is 4. The zero-order valence-electron chi connectivity index (χ0n) is 24.7. The summed E-state index contributed by atoms with van der Waals surface area (Å²) in [6, 6.07) is 0. The summed E-state index contributed by atoms with van der Waals surface area (Å²) >= 11 is 0. The molecule has 4 nitrogen and oxygen atoms in total. The third kappa shape index (κ3) is 5.90. The van der Waals surface area contributed by atoms with Gasteiger partial charge in [0, 0.05) is 5.92 Å². The maximum atomic E-state index is 12.6. The summed E-state index contributed by atoms with van der Waals surface area (Å²) in [5.41, 5.74) is 1.10. The molecule has 9 atom stereocenters. The highest BCUT2D eigenvalue weighted by Crippen LogP contribution is 2.68. The number of carbonyl (C=O) groups excluding carboxylic acids is 1. The van der Waals surface area contributed by atoms with Crippen molar-refractivity contribution in [3.63, 3.8) is 0 Å². The van der Waals surface area contributed by atoms with Gasteiger partial charge in [0.05, 0.1) is 25.4 Å². The van der Waals surface area contributed by atoms with Crippen molar-refractivity contribution in [3.8, 4) is 12.3 Å². The SMILES string of the molecule is C#C[C@H](CCCC(C)C)[C@H]1CC[C@H]2[C@@H]3CCC4C[C@@H](OC(=O)C(=C)COCCO)CC[C@]4(C)C3CC[C@]12C. The molecule has 0 aliphatic heterocycles. The highest BCUT2D eigenvalue weighted by atomic mass is 16.5.